The lowest BCUT2D eigenvalue weighted by molar-refractivity contribution is -0.123. The van der Waals surface area contributed by atoms with Gasteiger partial charge in [0.15, 0.2) is 0 Å². The molecule has 0 spiro atoms. The molecule has 2 heterocycles. The van der Waals surface area contributed by atoms with Gasteiger partial charge in [-0.05, 0) is 30.7 Å². The zero-order valence-corrected chi connectivity index (χ0v) is 16.5. The SMILES string of the molecule is CC(C)CCCC(C)NC(=O)CN1CCN(C(=O)c2cccs2)CC1. The standard InChI is InChI=1S/C19H31N3O2S/c1-15(2)6-4-7-16(3)20-18(23)14-21-9-11-22(12-10-21)19(24)17-8-5-13-25-17/h5,8,13,15-16H,4,6-7,9-12,14H2,1-3H3,(H,20,23). The second kappa shape index (κ2) is 9.92. The minimum absolute atomic E-state index is 0.0927. The molecule has 0 bridgehead atoms. The Labute approximate surface area is 155 Å². The van der Waals surface area contributed by atoms with Gasteiger partial charge in [0.1, 0.15) is 0 Å². The van der Waals surface area contributed by atoms with E-state index in [2.05, 4.69) is 31.0 Å². The molecule has 0 saturated carbocycles. The van der Waals surface area contributed by atoms with Crippen molar-refractivity contribution >= 4 is 23.2 Å². The Morgan fingerprint density at radius 2 is 1.88 bits per heavy atom. The third-order valence-corrected chi connectivity index (χ3v) is 5.44. The molecule has 1 atom stereocenters. The molecule has 0 aromatic carbocycles. The summed E-state index contributed by atoms with van der Waals surface area (Å²) in [5, 5.41) is 5.02. The van der Waals surface area contributed by atoms with Crippen molar-refractivity contribution in [3.63, 3.8) is 0 Å². The van der Waals surface area contributed by atoms with E-state index in [-0.39, 0.29) is 17.9 Å². The summed E-state index contributed by atoms with van der Waals surface area (Å²) in [5.74, 6) is 0.920. The van der Waals surface area contributed by atoms with Gasteiger partial charge in [-0.15, -0.1) is 11.3 Å². The fraction of sp³-hybridized carbons (Fsp3) is 0.684. The molecule has 25 heavy (non-hydrogen) atoms. The number of hydrogen-bond donors (Lipinski definition) is 1. The molecule has 1 aliphatic heterocycles. The van der Waals surface area contributed by atoms with Gasteiger partial charge in [0, 0.05) is 32.2 Å². The van der Waals surface area contributed by atoms with Gasteiger partial charge >= 0.3 is 0 Å². The van der Waals surface area contributed by atoms with Gasteiger partial charge in [-0.2, -0.15) is 0 Å². The number of amides is 2. The maximum atomic E-state index is 12.3. The molecular formula is C19H31N3O2S. The first-order valence-corrected chi connectivity index (χ1v) is 10.2. The summed E-state index contributed by atoms with van der Waals surface area (Å²) in [4.78, 5) is 29.3. The van der Waals surface area contributed by atoms with Crippen molar-refractivity contribution in [2.45, 2.75) is 46.1 Å². The van der Waals surface area contributed by atoms with Gasteiger partial charge in [0.2, 0.25) is 5.91 Å². The van der Waals surface area contributed by atoms with Crippen molar-refractivity contribution in [1.82, 2.24) is 15.1 Å². The highest BCUT2D eigenvalue weighted by molar-refractivity contribution is 7.12. The molecule has 1 aromatic heterocycles. The number of piperazine rings is 1. The number of nitrogens with zero attached hydrogens (tertiary/aromatic N) is 2. The summed E-state index contributed by atoms with van der Waals surface area (Å²) >= 11 is 1.48. The van der Waals surface area contributed by atoms with Crippen molar-refractivity contribution in [2.75, 3.05) is 32.7 Å². The second-order valence-corrected chi connectivity index (χ2v) is 8.29. The molecule has 1 aromatic rings. The molecule has 2 rings (SSSR count). The molecule has 0 aliphatic carbocycles. The Morgan fingerprint density at radius 1 is 1.16 bits per heavy atom. The quantitative estimate of drug-likeness (QED) is 0.771. The third kappa shape index (κ3) is 6.78. The zero-order chi connectivity index (χ0) is 18.2. The zero-order valence-electron chi connectivity index (χ0n) is 15.7. The van der Waals surface area contributed by atoms with E-state index in [0.717, 1.165) is 36.7 Å². The highest BCUT2D eigenvalue weighted by Gasteiger charge is 2.23. The molecule has 5 nitrogen and oxygen atoms in total. The number of hydrogen-bond acceptors (Lipinski definition) is 4. The van der Waals surface area contributed by atoms with E-state index in [4.69, 9.17) is 0 Å². The monoisotopic (exact) mass is 365 g/mol. The molecule has 1 fully saturated rings. The normalized spacial score (nSPS) is 16.9. The number of nitrogens with one attached hydrogen (secondary N) is 1. The van der Waals surface area contributed by atoms with Crippen LogP contribution in [0.1, 0.15) is 49.7 Å². The van der Waals surface area contributed by atoms with Crippen LogP contribution in [0.15, 0.2) is 17.5 Å². The van der Waals surface area contributed by atoms with Gasteiger partial charge in [-0.25, -0.2) is 0 Å². The van der Waals surface area contributed by atoms with Crippen molar-refractivity contribution in [3.05, 3.63) is 22.4 Å². The number of thiophene rings is 1. The summed E-state index contributed by atoms with van der Waals surface area (Å²) in [5.41, 5.74) is 0. The van der Waals surface area contributed by atoms with E-state index in [0.29, 0.717) is 19.6 Å². The topological polar surface area (TPSA) is 52.7 Å². The Bertz CT molecular complexity index is 537. The summed E-state index contributed by atoms with van der Waals surface area (Å²) < 4.78 is 0. The molecule has 2 amide bonds. The summed E-state index contributed by atoms with van der Waals surface area (Å²) in [6.07, 6.45) is 3.40. The fourth-order valence-electron chi connectivity index (χ4n) is 3.09. The van der Waals surface area contributed by atoms with Crippen molar-refractivity contribution < 1.29 is 9.59 Å². The maximum Gasteiger partial charge on any atom is 0.264 e. The minimum atomic E-state index is 0.0927. The Morgan fingerprint density at radius 3 is 2.48 bits per heavy atom. The molecule has 1 saturated heterocycles. The van der Waals surface area contributed by atoms with Crippen LogP contribution in [0, 0.1) is 5.92 Å². The van der Waals surface area contributed by atoms with Crippen LogP contribution in [0.2, 0.25) is 0 Å². The molecule has 140 valence electrons. The van der Waals surface area contributed by atoms with Crippen molar-refractivity contribution in [1.29, 1.82) is 0 Å². The van der Waals surface area contributed by atoms with Gasteiger partial charge in [0.25, 0.3) is 5.91 Å². The van der Waals surface area contributed by atoms with Crippen molar-refractivity contribution in [3.8, 4) is 0 Å². The first kappa shape index (κ1) is 19.9. The fourth-order valence-corrected chi connectivity index (χ4v) is 3.78. The molecule has 1 N–H and O–H groups in total. The average Bonchev–Trinajstić information content (AvgIpc) is 3.08. The van der Waals surface area contributed by atoms with Gasteiger partial charge in [-0.1, -0.05) is 32.8 Å². The molecule has 0 radical (unpaired) electrons. The number of carbonyl (C=O) groups excluding carboxylic acids is 2. The van der Waals surface area contributed by atoms with Gasteiger partial charge in [0.05, 0.1) is 11.4 Å². The van der Waals surface area contributed by atoms with Crippen LogP contribution < -0.4 is 5.32 Å². The highest BCUT2D eigenvalue weighted by atomic mass is 32.1. The van der Waals surface area contributed by atoms with Crippen LogP contribution in [0.4, 0.5) is 0 Å². The van der Waals surface area contributed by atoms with E-state index in [9.17, 15) is 9.59 Å². The number of carbonyl (C=O) groups is 2. The van der Waals surface area contributed by atoms with Crippen LogP contribution in [-0.2, 0) is 4.79 Å². The predicted octanol–water partition coefficient (Wildman–Crippen LogP) is 2.84. The second-order valence-electron chi connectivity index (χ2n) is 7.34. The van der Waals surface area contributed by atoms with Crippen LogP contribution in [0.5, 0.6) is 0 Å². The lowest BCUT2D eigenvalue weighted by Gasteiger charge is -2.34. The minimum Gasteiger partial charge on any atom is -0.353 e. The maximum absolute atomic E-state index is 12.3. The lowest BCUT2D eigenvalue weighted by atomic mass is 10.0. The van der Waals surface area contributed by atoms with Crippen LogP contribution >= 0.6 is 11.3 Å². The van der Waals surface area contributed by atoms with Crippen LogP contribution in [0.25, 0.3) is 0 Å². The van der Waals surface area contributed by atoms with Gasteiger partial charge < -0.3 is 10.2 Å². The lowest BCUT2D eigenvalue weighted by Crippen LogP contribution is -2.51. The average molecular weight is 366 g/mol. The first-order valence-electron chi connectivity index (χ1n) is 9.30. The predicted molar refractivity (Wildman–Crippen MR) is 103 cm³/mol. The molecule has 1 unspecified atom stereocenters. The smallest absolute Gasteiger partial charge is 0.264 e. The Balaban J connectivity index is 1.65. The highest BCUT2D eigenvalue weighted by Crippen LogP contribution is 2.14. The molecular weight excluding hydrogens is 334 g/mol. The van der Waals surface area contributed by atoms with E-state index >= 15 is 0 Å². The third-order valence-electron chi connectivity index (χ3n) is 4.58. The number of rotatable bonds is 8. The Kier molecular flexibility index (Phi) is 7.90. The van der Waals surface area contributed by atoms with E-state index in [1.165, 1.54) is 17.8 Å². The van der Waals surface area contributed by atoms with E-state index < -0.39 is 0 Å². The van der Waals surface area contributed by atoms with Crippen molar-refractivity contribution in [2.24, 2.45) is 5.92 Å². The molecule has 6 heteroatoms. The first-order chi connectivity index (χ1) is 12.0. The van der Waals surface area contributed by atoms with E-state index in [1.807, 2.05) is 22.4 Å². The van der Waals surface area contributed by atoms with E-state index in [1.54, 1.807) is 0 Å². The summed E-state index contributed by atoms with van der Waals surface area (Å²) in [6.45, 7) is 9.85. The van der Waals surface area contributed by atoms with Crippen LogP contribution in [-0.4, -0.2) is 60.4 Å². The summed E-state index contributed by atoms with van der Waals surface area (Å²) in [6, 6.07) is 4.00. The molecule has 1 aliphatic rings. The van der Waals surface area contributed by atoms with Crippen LogP contribution in [0.3, 0.4) is 0 Å². The van der Waals surface area contributed by atoms with Gasteiger partial charge in [-0.3, -0.25) is 14.5 Å². The Hall–Kier alpha value is -1.40. The largest absolute Gasteiger partial charge is 0.353 e. The summed E-state index contributed by atoms with van der Waals surface area (Å²) in [7, 11) is 0.